The van der Waals surface area contributed by atoms with Crippen molar-refractivity contribution in [3.63, 3.8) is 0 Å². The standard InChI is InChI=1S/C70H136O17P2/c1-60(2)46-38-30-22-15-11-9-10-12-18-27-36-44-52-69(74)86-66(57-81-68(73)51-43-35-29-21-25-33-41-49-63(7)8)59-85-89(78,79)83-55-64(71)54-82-88(76,77)84-58-65(87-70(75)53-45-37-28-20-14-17-24-32-40-48-62(5)6)56-80-67(72)50-42-34-26-19-13-16-23-31-39-47-61(3)4/h60-66,71H,9-59H2,1-8H3,(H,76,77)(H,78,79)/t64?,65-,66-/m1/s1. The van der Waals surface area contributed by atoms with Gasteiger partial charge in [0.05, 0.1) is 26.4 Å². The Morgan fingerprint density at radius 1 is 0.281 bits per heavy atom. The molecule has 17 nitrogen and oxygen atoms in total. The summed E-state index contributed by atoms with van der Waals surface area (Å²) < 4.78 is 68.3. The van der Waals surface area contributed by atoms with E-state index < -0.39 is 97.5 Å². The highest BCUT2D eigenvalue weighted by Crippen LogP contribution is 2.45. The molecule has 0 amide bonds. The van der Waals surface area contributed by atoms with Crippen LogP contribution in [0.1, 0.15) is 344 Å². The molecule has 0 bridgehead atoms. The van der Waals surface area contributed by atoms with Gasteiger partial charge in [0.25, 0.3) is 0 Å². The summed E-state index contributed by atoms with van der Waals surface area (Å²) in [6, 6.07) is 0. The molecule has 89 heavy (non-hydrogen) atoms. The van der Waals surface area contributed by atoms with Crippen molar-refractivity contribution in [3.8, 4) is 0 Å². The molecule has 0 spiro atoms. The van der Waals surface area contributed by atoms with Gasteiger partial charge in [0.1, 0.15) is 19.3 Å². The van der Waals surface area contributed by atoms with Crippen molar-refractivity contribution in [2.45, 2.75) is 363 Å². The molecule has 3 N–H and O–H groups in total. The number of esters is 4. The predicted octanol–water partition coefficient (Wildman–Crippen LogP) is 19.7. The van der Waals surface area contributed by atoms with Gasteiger partial charge in [-0.05, 0) is 49.4 Å². The van der Waals surface area contributed by atoms with Crippen LogP contribution in [0.15, 0.2) is 0 Å². The van der Waals surface area contributed by atoms with Crippen LogP contribution < -0.4 is 0 Å². The summed E-state index contributed by atoms with van der Waals surface area (Å²) in [6.45, 7) is 14.1. The van der Waals surface area contributed by atoms with E-state index in [2.05, 4.69) is 55.4 Å². The van der Waals surface area contributed by atoms with E-state index in [0.717, 1.165) is 114 Å². The van der Waals surface area contributed by atoms with E-state index in [4.69, 9.17) is 37.0 Å². The predicted molar refractivity (Wildman–Crippen MR) is 358 cm³/mol. The number of phosphoric acid groups is 2. The number of hydrogen-bond donors (Lipinski definition) is 3. The first kappa shape index (κ1) is 87.1. The average molecular weight is 1310 g/mol. The zero-order chi connectivity index (χ0) is 66.1. The third-order valence-electron chi connectivity index (χ3n) is 16.1. The Morgan fingerprint density at radius 3 is 0.697 bits per heavy atom. The molecule has 0 aliphatic carbocycles. The molecule has 528 valence electrons. The molecule has 0 heterocycles. The molecule has 0 aromatic carbocycles. The number of carbonyl (C=O) groups is 4. The van der Waals surface area contributed by atoms with Gasteiger partial charge in [-0.2, -0.15) is 0 Å². The van der Waals surface area contributed by atoms with Crippen LogP contribution in [-0.4, -0.2) is 96.7 Å². The van der Waals surface area contributed by atoms with E-state index >= 15 is 0 Å². The third-order valence-corrected chi connectivity index (χ3v) is 18.0. The zero-order valence-electron chi connectivity index (χ0n) is 58.1. The highest BCUT2D eigenvalue weighted by molar-refractivity contribution is 7.47. The normalized spacial score (nSPS) is 14.3. The molecule has 3 unspecified atom stereocenters. The second-order valence-corrected chi connectivity index (χ2v) is 30.1. The number of ether oxygens (including phenoxy) is 4. The van der Waals surface area contributed by atoms with Crippen LogP contribution in [-0.2, 0) is 65.4 Å². The maximum absolute atomic E-state index is 13.0. The van der Waals surface area contributed by atoms with Gasteiger partial charge in [-0.3, -0.25) is 37.3 Å². The van der Waals surface area contributed by atoms with Crippen LogP contribution in [0.3, 0.4) is 0 Å². The maximum atomic E-state index is 13.0. The van der Waals surface area contributed by atoms with Crippen molar-refractivity contribution in [2.75, 3.05) is 39.6 Å². The molecular weight excluding hydrogens is 1170 g/mol. The quantitative estimate of drug-likeness (QED) is 0.0222. The van der Waals surface area contributed by atoms with Crippen LogP contribution in [0.2, 0.25) is 0 Å². The van der Waals surface area contributed by atoms with Gasteiger partial charge < -0.3 is 33.8 Å². The van der Waals surface area contributed by atoms with Gasteiger partial charge in [0, 0.05) is 25.7 Å². The minimum absolute atomic E-state index is 0.104. The Balaban J connectivity index is 5.25. The van der Waals surface area contributed by atoms with E-state index in [1.54, 1.807) is 0 Å². The van der Waals surface area contributed by atoms with Crippen LogP contribution >= 0.6 is 15.6 Å². The second kappa shape index (κ2) is 59.8. The number of rotatable bonds is 67. The van der Waals surface area contributed by atoms with E-state index in [9.17, 15) is 43.2 Å². The Bertz CT molecular complexity index is 1760. The summed E-state index contributed by atoms with van der Waals surface area (Å²) in [6.07, 6.45) is 41.7. The molecule has 0 saturated carbocycles. The van der Waals surface area contributed by atoms with Gasteiger partial charge in [-0.15, -0.1) is 0 Å². The van der Waals surface area contributed by atoms with Crippen LogP contribution in [0.25, 0.3) is 0 Å². The molecule has 0 radical (unpaired) electrons. The first-order valence-electron chi connectivity index (χ1n) is 36.2. The lowest BCUT2D eigenvalue weighted by atomic mass is 10.0. The van der Waals surface area contributed by atoms with E-state index in [1.807, 2.05) is 0 Å². The lowest BCUT2D eigenvalue weighted by Crippen LogP contribution is -2.30. The van der Waals surface area contributed by atoms with E-state index in [-0.39, 0.29) is 25.7 Å². The number of carbonyl (C=O) groups excluding carboxylic acids is 4. The maximum Gasteiger partial charge on any atom is 0.472 e. The van der Waals surface area contributed by atoms with E-state index in [1.165, 1.54) is 141 Å². The Labute approximate surface area is 543 Å². The number of phosphoric ester groups is 2. The Hall–Kier alpha value is -1.94. The number of unbranched alkanes of at least 4 members (excludes halogenated alkanes) is 33. The fraction of sp³-hybridized carbons (Fsp3) is 0.943. The average Bonchev–Trinajstić information content (AvgIpc) is 3.56. The fourth-order valence-corrected chi connectivity index (χ4v) is 12.1. The number of aliphatic hydroxyl groups is 1. The summed E-state index contributed by atoms with van der Waals surface area (Å²) in [5.41, 5.74) is 0. The summed E-state index contributed by atoms with van der Waals surface area (Å²) in [5.74, 6) is 0.832. The zero-order valence-corrected chi connectivity index (χ0v) is 59.8. The summed E-state index contributed by atoms with van der Waals surface area (Å²) in [4.78, 5) is 72.5. The van der Waals surface area contributed by atoms with Gasteiger partial charge in [0.15, 0.2) is 12.2 Å². The highest BCUT2D eigenvalue weighted by Gasteiger charge is 2.30. The van der Waals surface area contributed by atoms with Crippen LogP contribution in [0, 0.1) is 23.7 Å². The summed E-state index contributed by atoms with van der Waals surface area (Å²) in [7, 11) is -9.90. The van der Waals surface area contributed by atoms with E-state index in [0.29, 0.717) is 31.6 Å². The van der Waals surface area contributed by atoms with Gasteiger partial charge >= 0.3 is 39.5 Å². The van der Waals surface area contributed by atoms with Gasteiger partial charge in [-0.25, -0.2) is 9.13 Å². The molecule has 5 atom stereocenters. The molecule has 0 rings (SSSR count). The molecule has 0 aliphatic heterocycles. The molecule has 0 fully saturated rings. The Morgan fingerprint density at radius 2 is 0.472 bits per heavy atom. The molecular formula is C70H136O17P2. The number of aliphatic hydroxyl groups excluding tert-OH is 1. The highest BCUT2D eigenvalue weighted by atomic mass is 31.2. The van der Waals surface area contributed by atoms with Crippen LogP contribution in [0.4, 0.5) is 0 Å². The minimum atomic E-state index is -4.95. The minimum Gasteiger partial charge on any atom is -0.462 e. The third kappa shape index (κ3) is 64.6. The topological polar surface area (TPSA) is 237 Å². The lowest BCUT2D eigenvalue weighted by molar-refractivity contribution is -0.161. The van der Waals surface area contributed by atoms with Crippen molar-refractivity contribution in [1.29, 1.82) is 0 Å². The number of hydrogen-bond acceptors (Lipinski definition) is 15. The van der Waals surface area contributed by atoms with Crippen molar-refractivity contribution < 1.29 is 80.2 Å². The Kier molecular flexibility index (Phi) is 58.5. The first-order valence-corrected chi connectivity index (χ1v) is 39.2. The largest absolute Gasteiger partial charge is 0.472 e. The summed E-state index contributed by atoms with van der Waals surface area (Å²) in [5, 5.41) is 10.6. The SMILES string of the molecule is CC(C)CCCCCCCCCCCCCCC(=O)O[C@H](COC(=O)CCCCCCCCCC(C)C)COP(=O)(O)OCC(O)COP(=O)(O)OC[C@@H](COC(=O)CCCCCCCCCCCC(C)C)OC(=O)CCCCCCCCCCCC(C)C. The molecule has 0 aliphatic rings. The fourth-order valence-electron chi connectivity index (χ4n) is 10.5. The lowest BCUT2D eigenvalue weighted by Gasteiger charge is -2.21. The van der Waals surface area contributed by atoms with Crippen LogP contribution in [0.5, 0.6) is 0 Å². The van der Waals surface area contributed by atoms with Gasteiger partial charge in [0.2, 0.25) is 0 Å². The molecule has 0 aromatic rings. The molecule has 0 aromatic heterocycles. The molecule has 19 heteroatoms. The second-order valence-electron chi connectivity index (χ2n) is 27.2. The van der Waals surface area contributed by atoms with Crippen molar-refractivity contribution in [3.05, 3.63) is 0 Å². The first-order chi connectivity index (χ1) is 42.6. The van der Waals surface area contributed by atoms with Gasteiger partial charge in [-0.1, -0.05) is 293 Å². The smallest absolute Gasteiger partial charge is 0.462 e. The van der Waals surface area contributed by atoms with Crippen molar-refractivity contribution in [2.24, 2.45) is 23.7 Å². The summed E-state index contributed by atoms with van der Waals surface area (Å²) >= 11 is 0. The van der Waals surface area contributed by atoms with Crippen molar-refractivity contribution >= 4 is 39.5 Å². The monoisotopic (exact) mass is 1310 g/mol. The van der Waals surface area contributed by atoms with Crippen molar-refractivity contribution in [1.82, 2.24) is 0 Å². The molecule has 0 saturated heterocycles.